The summed E-state index contributed by atoms with van der Waals surface area (Å²) in [5.41, 5.74) is 8.86. The zero-order valence-electron chi connectivity index (χ0n) is 10.5. The van der Waals surface area contributed by atoms with Crippen molar-refractivity contribution in [2.75, 3.05) is 5.73 Å². The molecule has 0 radical (unpaired) electrons. The lowest BCUT2D eigenvalue weighted by atomic mass is 10.1. The maximum absolute atomic E-state index is 11.7. The molecule has 0 saturated carbocycles. The number of Topliss-reactive ketones (excluding diaryl/α,β-unsaturated/α-hetero) is 1. The van der Waals surface area contributed by atoms with Gasteiger partial charge in [0.05, 0.1) is 16.7 Å². The number of aromatic nitrogens is 3. The van der Waals surface area contributed by atoms with E-state index in [2.05, 4.69) is 15.0 Å². The molecular weight excluding hydrogens is 240 g/mol. The van der Waals surface area contributed by atoms with Crippen molar-refractivity contribution in [3.8, 4) is 11.5 Å². The summed E-state index contributed by atoms with van der Waals surface area (Å²) >= 11 is 0. The minimum absolute atomic E-state index is 0.127. The first-order valence-corrected chi connectivity index (χ1v) is 6.15. The fourth-order valence-corrected chi connectivity index (χ4v) is 2.06. The minimum atomic E-state index is 0.127. The average Bonchev–Trinajstić information content (AvgIpc) is 3.02. The second-order valence-electron chi connectivity index (χ2n) is 4.42. The number of nitrogens with zero attached hydrogens (tertiary/aromatic N) is 1. The molecule has 0 amide bonds. The van der Waals surface area contributed by atoms with E-state index in [1.54, 1.807) is 6.07 Å². The van der Waals surface area contributed by atoms with E-state index in [9.17, 15) is 4.79 Å². The van der Waals surface area contributed by atoms with Gasteiger partial charge in [0.1, 0.15) is 5.82 Å². The van der Waals surface area contributed by atoms with Gasteiger partial charge in [-0.1, -0.05) is 6.92 Å². The number of H-pyrrole nitrogens is 2. The molecule has 1 aromatic carbocycles. The Morgan fingerprint density at radius 2 is 2.11 bits per heavy atom. The van der Waals surface area contributed by atoms with Crippen LogP contribution in [-0.4, -0.2) is 20.7 Å². The number of anilines is 1. The number of nitrogens with one attached hydrogen (secondary N) is 2. The highest BCUT2D eigenvalue weighted by molar-refractivity contribution is 5.98. The van der Waals surface area contributed by atoms with E-state index in [1.807, 2.05) is 31.2 Å². The van der Waals surface area contributed by atoms with Gasteiger partial charge in [-0.15, -0.1) is 0 Å². The van der Waals surface area contributed by atoms with Crippen LogP contribution < -0.4 is 5.73 Å². The van der Waals surface area contributed by atoms with Crippen LogP contribution in [0.1, 0.15) is 23.7 Å². The van der Waals surface area contributed by atoms with Crippen LogP contribution in [0.25, 0.3) is 22.6 Å². The van der Waals surface area contributed by atoms with Gasteiger partial charge in [-0.3, -0.25) is 4.79 Å². The van der Waals surface area contributed by atoms with E-state index in [0.717, 1.165) is 16.7 Å². The Bertz CT molecular complexity index is 754. The Morgan fingerprint density at radius 3 is 2.79 bits per heavy atom. The summed E-state index contributed by atoms with van der Waals surface area (Å²) in [7, 11) is 0. The van der Waals surface area contributed by atoms with E-state index in [0.29, 0.717) is 23.6 Å². The van der Waals surface area contributed by atoms with Crippen molar-refractivity contribution in [2.24, 2.45) is 0 Å². The third-order valence-electron chi connectivity index (χ3n) is 3.09. The van der Waals surface area contributed by atoms with Crippen LogP contribution in [-0.2, 0) is 0 Å². The number of imidazole rings is 1. The summed E-state index contributed by atoms with van der Waals surface area (Å²) in [6.45, 7) is 1.85. The smallest absolute Gasteiger partial charge is 0.162 e. The van der Waals surface area contributed by atoms with Crippen molar-refractivity contribution in [2.45, 2.75) is 13.3 Å². The molecule has 0 spiro atoms. The first kappa shape index (κ1) is 11.5. The summed E-state index contributed by atoms with van der Waals surface area (Å²) in [4.78, 5) is 22.4. The van der Waals surface area contributed by atoms with Crippen LogP contribution in [0.5, 0.6) is 0 Å². The lowest BCUT2D eigenvalue weighted by molar-refractivity contribution is 0.0988. The van der Waals surface area contributed by atoms with Crippen LogP contribution in [0.15, 0.2) is 30.3 Å². The second-order valence-corrected chi connectivity index (χ2v) is 4.42. The lowest BCUT2D eigenvalue weighted by Crippen LogP contribution is -1.95. The van der Waals surface area contributed by atoms with Gasteiger partial charge in [-0.25, -0.2) is 4.98 Å². The molecule has 5 nitrogen and oxygen atoms in total. The zero-order chi connectivity index (χ0) is 13.4. The van der Waals surface area contributed by atoms with E-state index >= 15 is 0 Å². The van der Waals surface area contributed by atoms with Crippen molar-refractivity contribution < 1.29 is 4.79 Å². The first-order valence-electron chi connectivity index (χ1n) is 6.15. The van der Waals surface area contributed by atoms with Crippen molar-refractivity contribution in [3.05, 3.63) is 35.9 Å². The van der Waals surface area contributed by atoms with Crippen molar-refractivity contribution >= 4 is 22.6 Å². The Labute approximate surface area is 109 Å². The monoisotopic (exact) mass is 254 g/mol. The molecule has 0 aliphatic carbocycles. The summed E-state index contributed by atoms with van der Waals surface area (Å²) in [5.74, 6) is 1.44. The molecule has 3 rings (SSSR count). The van der Waals surface area contributed by atoms with Gasteiger partial charge < -0.3 is 15.7 Å². The van der Waals surface area contributed by atoms with Gasteiger partial charge in [0.15, 0.2) is 11.6 Å². The summed E-state index contributed by atoms with van der Waals surface area (Å²) in [6.07, 6.45) is 0.500. The Hall–Kier alpha value is -2.56. The fraction of sp³-hybridized carbons (Fsp3) is 0.143. The number of hydrogen-bond acceptors (Lipinski definition) is 3. The predicted octanol–water partition coefficient (Wildman–Crippen LogP) is 2.73. The SMILES string of the molecule is CCC(=O)c1ccc2nc(-c3ccc(N)[nH]3)[nH]c2c1. The van der Waals surface area contributed by atoms with Gasteiger partial charge in [0, 0.05) is 12.0 Å². The standard InChI is InChI=1S/C14H14N4O/c1-2-12(19)8-3-4-9-11(7-8)18-14(17-9)10-5-6-13(15)16-10/h3-7,16H,2,15H2,1H3,(H,17,18). The number of fused-ring (bicyclic) bond motifs is 1. The van der Waals surface area contributed by atoms with Crippen LogP contribution in [0, 0.1) is 0 Å². The quantitative estimate of drug-likeness (QED) is 0.628. The third kappa shape index (κ3) is 1.99. The number of carbonyl (C=O) groups excluding carboxylic acids is 1. The van der Waals surface area contributed by atoms with Crippen LogP contribution >= 0.6 is 0 Å². The van der Waals surface area contributed by atoms with E-state index in [4.69, 9.17) is 5.73 Å². The highest BCUT2D eigenvalue weighted by atomic mass is 16.1. The largest absolute Gasteiger partial charge is 0.385 e. The number of ketones is 1. The number of aromatic amines is 2. The topological polar surface area (TPSA) is 87.6 Å². The molecule has 3 aromatic rings. The molecule has 0 atom stereocenters. The summed E-state index contributed by atoms with van der Waals surface area (Å²) < 4.78 is 0. The molecule has 0 bridgehead atoms. The lowest BCUT2D eigenvalue weighted by Gasteiger charge is -1.96. The molecule has 0 saturated heterocycles. The maximum atomic E-state index is 11.7. The van der Waals surface area contributed by atoms with Crippen molar-refractivity contribution in [1.29, 1.82) is 0 Å². The summed E-state index contributed by atoms with van der Waals surface area (Å²) in [5, 5.41) is 0. The Morgan fingerprint density at radius 1 is 1.26 bits per heavy atom. The number of rotatable bonds is 3. The van der Waals surface area contributed by atoms with Gasteiger partial charge in [0.2, 0.25) is 0 Å². The van der Waals surface area contributed by atoms with E-state index in [-0.39, 0.29) is 5.78 Å². The number of nitrogen functional groups attached to an aromatic ring is 1. The molecule has 5 heteroatoms. The number of benzene rings is 1. The maximum Gasteiger partial charge on any atom is 0.162 e. The molecule has 0 aliphatic heterocycles. The molecule has 4 N–H and O–H groups in total. The normalized spacial score (nSPS) is 11.0. The second kappa shape index (κ2) is 4.28. The van der Waals surface area contributed by atoms with Gasteiger partial charge in [-0.05, 0) is 30.3 Å². The molecule has 19 heavy (non-hydrogen) atoms. The number of nitrogens with two attached hydrogens (primary N) is 1. The molecular formula is C14H14N4O. The predicted molar refractivity (Wildman–Crippen MR) is 74.9 cm³/mol. The van der Waals surface area contributed by atoms with Gasteiger partial charge in [0.25, 0.3) is 0 Å². The fourth-order valence-electron chi connectivity index (χ4n) is 2.06. The molecule has 2 heterocycles. The highest BCUT2D eigenvalue weighted by Gasteiger charge is 2.09. The number of carbonyl (C=O) groups is 1. The van der Waals surface area contributed by atoms with E-state index in [1.165, 1.54) is 0 Å². The highest BCUT2D eigenvalue weighted by Crippen LogP contribution is 2.21. The minimum Gasteiger partial charge on any atom is -0.385 e. The number of hydrogen-bond donors (Lipinski definition) is 3. The third-order valence-corrected chi connectivity index (χ3v) is 3.09. The molecule has 0 aliphatic rings. The molecule has 0 unspecified atom stereocenters. The Balaban J connectivity index is 2.08. The van der Waals surface area contributed by atoms with E-state index < -0.39 is 0 Å². The Kier molecular flexibility index (Phi) is 2.59. The first-order chi connectivity index (χ1) is 9.17. The van der Waals surface area contributed by atoms with Crippen LogP contribution in [0.2, 0.25) is 0 Å². The molecule has 96 valence electrons. The van der Waals surface area contributed by atoms with Gasteiger partial charge in [-0.2, -0.15) is 0 Å². The zero-order valence-corrected chi connectivity index (χ0v) is 10.5. The summed E-state index contributed by atoms with van der Waals surface area (Å²) in [6, 6.07) is 9.15. The van der Waals surface area contributed by atoms with Crippen LogP contribution in [0.3, 0.4) is 0 Å². The molecule has 2 aromatic heterocycles. The van der Waals surface area contributed by atoms with Crippen molar-refractivity contribution in [3.63, 3.8) is 0 Å². The van der Waals surface area contributed by atoms with Crippen molar-refractivity contribution in [1.82, 2.24) is 15.0 Å². The van der Waals surface area contributed by atoms with Gasteiger partial charge >= 0.3 is 0 Å². The average molecular weight is 254 g/mol. The molecule has 0 fully saturated rings. The van der Waals surface area contributed by atoms with Crippen LogP contribution in [0.4, 0.5) is 5.82 Å².